The van der Waals surface area contributed by atoms with E-state index in [4.69, 9.17) is 11.6 Å². The first-order valence-electron chi connectivity index (χ1n) is 6.13. The van der Waals surface area contributed by atoms with E-state index in [0.717, 1.165) is 21.3 Å². The molecule has 3 rings (SSSR count). The van der Waals surface area contributed by atoms with Crippen LogP contribution in [0.25, 0.3) is 11.0 Å². The molecule has 0 amide bonds. The van der Waals surface area contributed by atoms with Crippen molar-refractivity contribution < 1.29 is 0 Å². The van der Waals surface area contributed by atoms with Crippen LogP contribution in [0.3, 0.4) is 0 Å². The van der Waals surface area contributed by atoms with Gasteiger partial charge in [0.25, 0.3) is 0 Å². The SMILES string of the molecule is Cc1cc(CNc2nc(Cl)nc3[nH]ccc23)ccc1Br. The Morgan fingerprint density at radius 2 is 2.15 bits per heavy atom. The summed E-state index contributed by atoms with van der Waals surface area (Å²) in [5, 5.41) is 4.47. The first-order chi connectivity index (χ1) is 9.63. The molecule has 0 saturated heterocycles. The third kappa shape index (κ3) is 2.64. The molecule has 0 fully saturated rings. The highest BCUT2D eigenvalue weighted by atomic mass is 79.9. The summed E-state index contributed by atoms with van der Waals surface area (Å²) in [7, 11) is 0. The number of nitrogens with one attached hydrogen (secondary N) is 2. The van der Waals surface area contributed by atoms with E-state index >= 15 is 0 Å². The highest BCUT2D eigenvalue weighted by Crippen LogP contribution is 2.22. The van der Waals surface area contributed by atoms with E-state index in [1.54, 1.807) is 0 Å². The minimum atomic E-state index is 0.231. The second-order valence-corrected chi connectivity index (χ2v) is 5.71. The Morgan fingerprint density at radius 1 is 1.30 bits per heavy atom. The Hall–Kier alpha value is -1.59. The van der Waals surface area contributed by atoms with Gasteiger partial charge in [0, 0.05) is 17.2 Å². The van der Waals surface area contributed by atoms with Crippen LogP contribution < -0.4 is 5.32 Å². The number of aryl methyl sites for hydroxylation is 1. The highest BCUT2D eigenvalue weighted by molar-refractivity contribution is 9.10. The van der Waals surface area contributed by atoms with Crippen LogP contribution in [0.15, 0.2) is 34.9 Å². The molecule has 102 valence electrons. The number of rotatable bonds is 3. The zero-order chi connectivity index (χ0) is 14.1. The molecule has 0 aliphatic carbocycles. The zero-order valence-corrected chi connectivity index (χ0v) is 13.1. The Kier molecular flexibility index (Phi) is 3.63. The van der Waals surface area contributed by atoms with Crippen LogP contribution in [0.4, 0.5) is 5.82 Å². The summed E-state index contributed by atoms with van der Waals surface area (Å²) in [6, 6.07) is 8.18. The molecule has 4 nitrogen and oxygen atoms in total. The number of hydrogen-bond acceptors (Lipinski definition) is 3. The van der Waals surface area contributed by atoms with Gasteiger partial charge in [-0.2, -0.15) is 4.98 Å². The quantitative estimate of drug-likeness (QED) is 0.692. The normalized spacial score (nSPS) is 10.9. The summed E-state index contributed by atoms with van der Waals surface area (Å²) >= 11 is 9.42. The highest BCUT2D eigenvalue weighted by Gasteiger charge is 2.07. The van der Waals surface area contributed by atoms with E-state index in [2.05, 4.69) is 55.3 Å². The van der Waals surface area contributed by atoms with Crippen molar-refractivity contribution in [3.63, 3.8) is 0 Å². The van der Waals surface area contributed by atoms with Gasteiger partial charge in [0.15, 0.2) is 0 Å². The Balaban J connectivity index is 1.86. The van der Waals surface area contributed by atoms with Crippen molar-refractivity contribution in [2.24, 2.45) is 0 Å². The standard InChI is InChI=1S/C14H12BrClN4/c1-8-6-9(2-3-11(8)15)7-18-13-10-4-5-17-12(10)19-14(16)20-13/h2-6H,7H2,1H3,(H2,17,18,19,20). The molecule has 2 heterocycles. The summed E-state index contributed by atoms with van der Waals surface area (Å²) in [6.45, 7) is 2.75. The van der Waals surface area contributed by atoms with Crippen molar-refractivity contribution in [1.29, 1.82) is 0 Å². The van der Waals surface area contributed by atoms with Gasteiger partial charge in [-0.25, -0.2) is 4.98 Å². The van der Waals surface area contributed by atoms with Crippen LogP contribution >= 0.6 is 27.5 Å². The first kappa shape index (κ1) is 13.4. The summed E-state index contributed by atoms with van der Waals surface area (Å²) in [5.74, 6) is 0.738. The average molecular weight is 352 g/mol. The number of H-pyrrole nitrogens is 1. The molecule has 2 N–H and O–H groups in total. The number of aromatic nitrogens is 3. The fourth-order valence-electron chi connectivity index (χ4n) is 2.05. The van der Waals surface area contributed by atoms with Crippen LogP contribution in [0, 0.1) is 6.92 Å². The van der Waals surface area contributed by atoms with Gasteiger partial charge in [0.05, 0.1) is 5.39 Å². The number of anilines is 1. The third-order valence-corrected chi connectivity index (χ3v) is 4.13. The largest absolute Gasteiger partial charge is 0.365 e. The maximum absolute atomic E-state index is 5.92. The van der Waals surface area contributed by atoms with E-state index in [-0.39, 0.29) is 5.28 Å². The fraction of sp³-hybridized carbons (Fsp3) is 0.143. The second kappa shape index (κ2) is 5.42. The first-order valence-corrected chi connectivity index (χ1v) is 7.30. The van der Waals surface area contributed by atoms with E-state index < -0.39 is 0 Å². The van der Waals surface area contributed by atoms with Crippen molar-refractivity contribution in [2.45, 2.75) is 13.5 Å². The molecule has 0 spiro atoms. The van der Waals surface area contributed by atoms with Gasteiger partial charge in [-0.15, -0.1) is 0 Å². The molecule has 20 heavy (non-hydrogen) atoms. The molecule has 6 heteroatoms. The maximum Gasteiger partial charge on any atom is 0.226 e. The predicted molar refractivity (Wildman–Crippen MR) is 85.1 cm³/mol. The van der Waals surface area contributed by atoms with Crippen LogP contribution in [0.1, 0.15) is 11.1 Å². The molecular weight excluding hydrogens is 340 g/mol. The van der Waals surface area contributed by atoms with Gasteiger partial charge in [-0.3, -0.25) is 0 Å². The number of halogens is 2. The molecule has 0 aliphatic rings. The molecule has 0 saturated carbocycles. The summed E-state index contributed by atoms with van der Waals surface area (Å²) < 4.78 is 1.11. The molecular formula is C14H12BrClN4. The summed E-state index contributed by atoms with van der Waals surface area (Å²) in [4.78, 5) is 11.4. The maximum atomic E-state index is 5.92. The second-order valence-electron chi connectivity index (χ2n) is 4.52. The van der Waals surface area contributed by atoms with Gasteiger partial charge in [-0.05, 0) is 41.8 Å². The molecule has 2 aromatic heterocycles. The van der Waals surface area contributed by atoms with Crippen molar-refractivity contribution in [2.75, 3.05) is 5.32 Å². The monoisotopic (exact) mass is 350 g/mol. The fourth-order valence-corrected chi connectivity index (χ4v) is 2.47. The number of hydrogen-bond donors (Lipinski definition) is 2. The van der Waals surface area contributed by atoms with Gasteiger partial charge in [-0.1, -0.05) is 28.1 Å². The lowest BCUT2D eigenvalue weighted by atomic mass is 10.1. The number of nitrogens with zero attached hydrogens (tertiary/aromatic N) is 2. The van der Waals surface area contributed by atoms with Crippen molar-refractivity contribution in [3.8, 4) is 0 Å². The number of fused-ring (bicyclic) bond motifs is 1. The lowest BCUT2D eigenvalue weighted by Gasteiger charge is -2.08. The van der Waals surface area contributed by atoms with Crippen molar-refractivity contribution >= 4 is 44.4 Å². The van der Waals surface area contributed by atoms with E-state index in [0.29, 0.717) is 6.54 Å². The third-order valence-electron chi connectivity index (χ3n) is 3.07. The van der Waals surface area contributed by atoms with Gasteiger partial charge in [0.1, 0.15) is 11.5 Å². The molecule has 0 atom stereocenters. The smallest absolute Gasteiger partial charge is 0.226 e. The lowest BCUT2D eigenvalue weighted by Crippen LogP contribution is -2.03. The van der Waals surface area contributed by atoms with Crippen LogP contribution in [-0.2, 0) is 6.54 Å². The van der Waals surface area contributed by atoms with Crippen molar-refractivity contribution in [3.05, 3.63) is 51.3 Å². The van der Waals surface area contributed by atoms with E-state index in [1.165, 1.54) is 11.1 Å². The summed E-state index contributed by atoms with van der Waals surface area (Å²) in [5.41, 5.74) is 3.13. The van der Waals surface area contributed by atoms with Gasteiger partial charge >= 0.3 is 0 Å². The minimum Gasteiger partial charge on any atom is -0.365 e. The zero-order valence-electron chi connectivity index (χ0n) is 10.7. The topological polar surface area (TPSA) is 53.6 Å². The summed E-state index contributed by atoms with van der Waals surface area (Å²) in [6.07, 6.45) is 1.82. The lowest BCUT2D eigenvalue weighted by molar-refractivity contribution is 1.09. The van der Waals surface area contributed by atoms with Crippen LogP contribution in [0.5, 0.6) is 0 Å². The number of aromatic amines is 1. The Bertz CT molecular complexity index is 769. The molecule has 0 aliphatic heterocycles. The van der Waals surface area contributed by atoms with Crippen molar-refractivity contribution in [1.82, 2.24) is 15.0 Å². The average Bonchev–Trinajstić information content (AvgIpc) is 2.88. The Labute approximate surface area is 129 Å². The predicted octanol–water partition coefficient (Wildman–Crippen LogP) is 4.29. The van der Waals surface area contributed by atoms with Crippen LogP contribution in [0.2, 0.25) is 5.28 Å². The molecule has 0 radical (unpaired) electrons. The Morgan fingerprint density at radius 3 is 2.95 bits per heavy atom. The van der Waals surface area contributed by atoms with E-state index in [1.807, 2.05) is 18.3 Å². The molecule has 1 aromatic carbocycles. The molecule has 3 aromatic rings. The van der Waals surface area contributed by atoms with Gasteiger partial charge < -0.3 is 10.3 Å². The van der Waals surface area contributed by atoms with Gasteiger partial charge in [0.2, 0.25) is 5.28 Å². The van der Waals surface area contributed by atoms with Crippen LogP contribution in [-0.4, -0.2) is 15.0 Å². The molecule has 0 bridgehead atoms. The van der Waals surface area contributed by atoms with E-state index in [9.17, 15) is 0 Å². The molecule has 0 unspecified atom stereocenters. The minimum absolute atomic E-state index is 0.231. The number of benzene rings is 1.